The number of carbonyl (C=O) groups excluding carboxylic acids is 2. The van der Waals surface area contributed by atoms with Crippen molar-refractivity contribution in [3.05, 3.63) is 47.8 Å². The lowest BCUT2D eigenvalue weighted by molar-refractivity contribution is 0.0600. The number of ether oxygens (including phenoxy) is 1. The Kier molecular flexibility index (Phi) is 5.95. The molecule has 1 heterocycles. The van der Waals surface area contributed by atoms with E-state index in [1.165, 1.54) is 7.11 Å². The molecule has 2 aromatic rings. The number of nitrogens with one attached hydrogen (secondary N) is 2. The van der Waals surface area contributed by atoms with Gasteiger partial charge in [-0.2, -0.15) is 5.10 Å². The van der Waals surface area contributed by atoms with E-state index in [0.717, 1.165) is 12.1 Å². The van der Waals surface area contributed by atoms with E-state index in [1.807, 2.05) is 30.8 Å². The molecule has 2 rings (SSSR count). The summed E-state index contributed by atoms with van der Waals surface area (Å²) in [6, 6.07) is 6.58. The van der Waals surface area contributed by atoms with Crippen LogP contribution in [0, 0.1) is 12.8 Å². The topological polar surface area (TPSA) is 85.2 Å². The Bertz CT molecular complexity index is 698. The lowest BCUT2D eigenvalue weighted by Gasteiger charge is -2.14. The average Bonchev–Trinajstić information content (AvgIpc) is 3.07. The van der Waals surface area contributed by atoms with Crippen LogP contribution < -0.4 is 10.6 Å². The molecule has 7 heteroatoms. The smallest absolute Gasteiger partial charge is 0.337 e. The SMILES string of the molecule is COC(=O)c1ccc(NC(=O)NC[C@H](C)Cn2cccn2)c(C)c1. The molecule has 7 nitrogen and oxygen atoms in total. The van der Waals surface area contributed by atoms with Gasteiger partial charge in [-0.15, -0.1) is 0 Å². The van der Waals surface area contributed by atoms with E-state index in [-0.39, 0.29) is 11.9 Å². The number of benzene rings is 1. The first-order valence-corrected chi connectivity index (χ1v) is 7.71. The molecule has 0 unspecified atom stereocenters. The summed E-state index contributed by atoms with van der Waals surface area (Å²) < 4.78 is 6.51. The van der Waals surface area contributed by atoms with Crippen LogP contribution in [0.5, 0.6) is 0 Å². The van der Waals surface area contributed by atoms with Crippen LogP contribution >= 0.6 is 0 Å². The van der Waals surface area contributed by atoms with Gasteiger partial charge in [-0.25, -0.2) is 9.59 Å². The standard InChI is InChI=1S/C17H22N4O3/c1-12(11-21-8-4-7-19-21)10-18-17(23)20-15-6-5-14(9-13(15)2)16(22)24-3/h4-9,12H,10-11H2,1-3H3,(H2,18,20,23)/t12-/m0/s1. The molecule has 0 saturated heterocycles. The Morgan fingerprint density at radius 3 is 2.79 bits per heavy atom. The van der Waals surface area contributed by atoms with Gasteiger partial charge < -0.3 is 15.4 Å². The molecule has 1 atom stereocenters. The molecule has 0 radical (unpaired) electrons. The highest BCUT2D eigenvalue weighted by atomic mass is 16.5. The number of anilines is 1. The maximum absolute atomic E-state index is 12.0. The van der Waals surface area contributed by atoms with Crippen molar-refractivity contribution in [2.75, 3.05) is 19.0 Å². The number of nitrogens with zero attached hydrogens (tertiary/aromatic N) is 2. The Morgan fingerprint density at radius 2 is 2.17 bits per heavy atom. The molecule has 1 aromatic heterocycles. The van der Waals surface area contributed by atoms with Crippen LogP contribution in [0.1, 0.15) is 22.8 Å². The molecule has 0 spiro atoms. The number of carbonyl (C=O) groups is 2. The summed E-state index contributed by atoms with van der Waals surface area (Å²) in [5.74, 6) is -0.153. The summed E-state index contributed by atoms with van der Waals surface area (Å²) in [7, 11) is 1.34. The number of methoxy groups -OCH3 is 1. The Balaban J connectivity index is 1.84. The zero-order chi connectivity index (χ0) is 17.5. The number of rotatable bonds is 6. The molecule has 0 aliphatic heterocycles. The van der Waals surface area contributed by atoms with Crippen molar-refractivity contribution >= 4 is 17.7 Å². The first-order chi connectivity index (χ1) is 11.5. The van der Waals surface area contributed by atoms with E-state index < -0.39 is 5.97 Å². The highest BCUT2D eigenvalue weighted by molar-refractivity contribution is 5.93. The average molecular weight is 330 g/mol. The Hall–Kier alpha value is -2.83. The van der Waals surface area contributed by atoms with E-state index in [1.54, 1.807) is 24.4 Å². The minimum absolute atomic E-state index is 0.249. The summed E-state index contributed by atoms with van der Waals surface area (Å²) in [4.78, 5) is 23.5. The molecule has 128 valence electrons. The molecule has 0 fully saturated rings. The zero-order valence-electron chi connectivity index (χ0n) is 14.1. The van der Waals surface area contributed by atoms with Crippen LogP contribution in [0.25, 0.3) is 0 Å². The predicted molar refractivity (Wildman–Crippen MR) is 90.9 cm³/mol. The second-order valence-electron chi connectivity index (χ2n) is 5.69. The number of urea groups is 1. The van der Waals surface area contributed by atoms with Gasteiger partial charge in [0.15, 0.2) is 0 Å². The van der Waals surface area contributed by atoms with Crippen molar-refractivity contribution in [1.82, 2.24) is 15.1 Å². The van der Waals surface area contributed by atoms with E-state index in [9.17, 15) is 9.59 Å². The first-order valence-electron chi connectivity index (χ1n) is 7.71. The molecule has 0 aliphatic rings. The van der Waals surface area contributed by atoms with Gasteiger partial charge in [-0.05, 0) is 42.7 Å². The van der Waals surface area contributed by atoms with Gasteiger partial charge in [0.25, 0.3) is 0 Å². The minimum atomic E-state index is -0.401. The summed E-state index contributed by atoms with van der Waals surface area (Å²) in [5.41, 5.74) is 1.89. The van der Waals surface area contributed by atoms with Crippen LogP contribution in [-0.2, 0) is 11.3 Å². The zero-order valence-corrected chi connectivity index (χ0v) is 14.1. The second kappa shape index (κ2) is 8.14. The molecule has 2 amide bonds. The number of aromatic nitrogens is 2. The molecule has 0 bridgehead atoms. The molecule has 0 aliphatic carbocycles. The summed E-state index contributed by atoms with van der Waals surface area (Å²) in [6.07, 6.45) is 3.62. The van der Waals surface area contributed by atoms with Gasteiger partial charge in [0.05, 0.1) is 12.7 Å². The fourth-order valence-corrected chi connectivity index (χ4v) is 2.27. The highest BCUT2D eigenvalue weighted by Gasteiger charge is 2.10. The molecule has 24 heavy (non-hydrogen) atoms. The van der Waals surface area contributed by atoms with Gasteiger partial charge in [0.2, 0.25) is 0 Å². The van der Waals surface area contributed by atoms with Crippen molar-refractivity contribution in [2.24, 2.45) is 5.92 Å². The maximum Gasteiger partial charge on any atom is 0.337 e. The van der Waals surface area contributed by atoms with Gasteiger partial charge in [-0.3, -0.25) is 4.68 Å². The van der Waals surface area contributed by atoms with Gasteiger partial charge >= 0.3 is 12.0 Å². The fraction of sp³-hybridized carbons (Fsp3) is 0.353. The Morgan fingerprint density at radius 1 is 1.38 bits per heavy atom. The van der Waals surface area contributed by atoms with E-state index in [2.05, 4.69) is 20.5 Å². The summed E-state index contributed by atoms with van der Waals surface area (Å²) in [5, 5.41) is 9.76. The number of hydrogen-bond acceptors (Lipinski definition) is 4. The number of amides is 2. The Labute approximate surface area is 141 Å². The maximum atomic E-state index is 12.0. The van der Waals surface area contributed by atoms with E-state index in [0.29, 0.717) is 17.8 Å². The van der Waals surface area contributed by atoms with Crippen molar-refractivity contribution in [2.45, 2.75) is 20.4 Å². The largest absolute Gasteiger partial charge is 0.465 e. The molecule has 0 saturated carbocycles. The van der Waals surface area contributed by atoms with Gasteiger partial charge in [-0.1, -0.05) is 6.92 Å². The van der Waals surface area contributed by atoms with Crippen LogP contribution in [0.15, 0.2) is 36.7 Å². The third-order valence-electron chi connectivity index (χ3n) is 3.56. The second-order valence-corrected chi connectivity index (χ2v) is 5.69. The van der Waals surface area contributed by atoms with E-state index >= 15 is 0 Å². The van der Waals surface area contributed by atoms with Gasteiger partial charge in [0.1, 0.15) is 0 Å². The van der Waals surface area contributed by atoms with E-state index in [4.69, 9.17) is 0 Å². The van der Waals surface area contributed by atoms with Crippen LogP contribution in [0.4, 0.5) is 10.5 Å². The lowest BCUT2D eigenvalue weighted by Crippen LogP contribution is -2.33. The molecule has 1 aromatic carbocycles. The summed E-state index contributed by atoms with van der Waals surface area (Å²) in [6.45, 7) is 5.13. The van der Waals surface area contributed by atoms with Gasteiger partial charge in [0, 0.05) is 31.2 Å². The third-order valence-corrected chi connectivity index (χ3v) is 3.56. The fourth-order valence-electron chi connectivity index (χ4n) is 2.27. The highest BCUT2D eigenvalue weighted by Crippen LogP contribution is 2.17. The monoisotopic (exact) mass is 330 g/mol. The lowest BCUT2D eigenvalue weighted by atomic mass is 10.1. The molecular formula is C17H22N4O3. The van der Waals surface area contributed by atoms with Crippen molar-refractivity contribution in [3.63, 3.8) is 0 Å². The molecular weight excluding hydrogens is 308 g/mol. The first kappa shape index (κ1) is 17.5. The number of hydrogen-bond donors (Lipinski definition) is 2. The molecule has 2 N–H and O–H groups in total. The quantitative estimate of drug-likeness (QED) is 0.797. The summed E-state index contributed by atoms with van der Waals surface area (Å²) >= 11 is 0. The number of aryl methyl sites for hydroxylation is 1. The number of esters is 1. The van der Waals surface area contributed by atoms with Crippen LogP contribution in [-0.4, -0.2) is 35.4 Å². The van der Waals surface area contributed by atoms with Crippen LogP contribution in [0.3, 0.4) is 0 Å². The third kappa shape index (κ3) is 4.84. The minimum Gasteiger partial charge on any atom is -0.465 e. The van der Waals surface area contributed by atoms with Crippen molar-refractivity contribution in [3.8, 4) is 0 Å². The normalized spacial score (nSPS) is 11.6. The predicted octanol–water partition coefficient (Wildman–Crippen LogP) is 2.44. The van der Waals surface area contributed by atoms with Crippen LogP contribution in [0.2, 0.25) is 0 Å². The van der Waals surface area contributed by atoms with Crippen molar-refractivity contribution in [1.29, 1.82) is 0 Å². The van der Waals surface area contributed by atoms with Crippen molar-refractivity contribution < 1.29 is 14.3 Å².